The van der Waals surface area contributed by atoms with E-state index in [-0.39, 0.29) is 29.3 Å². The quantitative estimate of drug-likeness (QED) is 0.396. The highest BCUT2D eigenvalue weighted by molar-refractivity contribution is 7.99. The zero-order chi connectivity index (χ0) is 21.7. The minimum absolute atomic E-state index is 0.00774. The summed E-state index contributed by atoms with van der Waals surface area (Å²) < 4.78 is 1.70. The molecule has 0 fully saturated rings. The van der Waals surface area contributed by atoms with Crippen LogP contribution in [0.25, 0.3) is 11.0 Å². The van der Waals surface area contributed by atoms with Gasteiger partial charge in [0.1, 0.15) is 5.52 Å². The normalized spacial score (nSPS) is 13.3. The summed E-state index contributed by atoms with van der Waals surface area (Å²) in [7, 11) is 0. The lowest BCUT2D eigenvalue weighted by Gasteiger charge is -2.18. The van der Waals surface area contributed by atoms with Crippen LogP contribution in [0.15, 0.2) is 46.3 Å². The molecule has 1 amide bonds. The second-order valence-electron chi connectivity index (χ2n) is 7.82. The topological polar surface area (TPSA) is 79.8 Å². The van der Waals surface area contributed by atoms with Gasteiger partial charge >= 0.3 is 0 Å². The lowest BCUT2D eigenvalue weighted by atomic mass is 10.1. The second-order valence-corrected chi connectivity index (χ2v) is 8.76. The fourth-order valence-electron chi connectivity index (χ4n) is 3.41. The molecule has 3 rings (SSSR count). The van der Waals surface area contributed by atoms with Crippen molar-refractivity contribution in [3.8, 4) is 0 Å². The minimum Gasteiger partial charge on any atom is -0.353 e. The number of thioether (sulfide) groups is 1. The molecule has 0 aliphatic heterocycles. The zero-order valence-corrected chi connectivity index (χ0v) is 18.9. The molecule has 0 unspecified atom stereocenters. The molecule has 2 aromatic heterocycles. The number of aromatic nitrogens is 3. The molecule has 0 saturated carbocycles. The van der Waals surface area contributed by atoms with Crippen molar-refractivity contribution in [3.05, 3.63) is 58.0 Å². The van der Waals surface area contributed by atoms with E-state index in [9.17, 15) is 9.59 Å². The Labute approximate surface area is 181 Å². The lowest BCUT2D eigenvalue weighted by Crippen LogP contribution is -2.34. The number of rotatable bonds is 9. The van der Waals surface area contributed by atoms with Gasteiger partial charge in [0.05, 0.1) is 11.3 Å². The van der Waals surface area contributed by atoms with Crippen LogP contribution in [0.1, 0.15) is 50.9 Å². The number of aromatic amines is 1. The zero-order valence-electron chi connectivity index (χ0n) is 18.1. The van der Waals surface area contributed by atoms with E-state index in [1.165, 1.54) is 17.3 Å². The van der Waals surface area contributed by atoms with Crippen molar-refractivity contribution in [1.29, 1.82) is 0 Å². The number of nitrogens with zero attached hydrogens (tertiary/aromatic N) is 2. The van der Waals surface area contributed by atoms with Gasteiger partial charge in [0, 0.05) is 17.8 Å². The van der Waals surface area contributed by atoms with Crippen molar-refractivity contribution in [2.24, 2.45) is 0 Å². The van der Waals surface area contributed by atoms with Crippen molar-refractivity contribution in [2.45, 2.75) is 64.2 Å². The third kappa shape index (κ3) is 5.33. The molecule has 30 heavy (non-hydrogen) atoms. The second kappa shape index (κ2) is 9.98. The number of carbonyl (C=O) groups is 1. The number of aryl methyl sites for hydroxylation is 2. The van der Waals surface area contributed by atoms with E-state index in [1.807, 2.05) is 52.0 Å². The third-order valence-electron chi connectivity index (χ3n) is 5.27. The number of H-pyrrole nitrogens is 1. The first kappa shape index (κ1) is 22.2. The number of carbonyl (C=O) groups excluding carboxylic acids is 1. The van der Waals surface area contributed by atoms with Crippen molar-refractivity contribution < 1.29 is 4.79 Å². The molecule has 0 aliphatic rings. The summed E-state index contributed by atoms with van der Waals surface area (Å²) in [5, 5.41) is 3.65. The van der Waals surface area contributed by atoms with E-state index in [2.05, 4.69) is 27.4 Å². The first-order chi connectivity index (χ1) is 14.4. The summed E-state index contributed by atoms with van der Waals surface area (Å²) in [6.07, 6.45) is 2.61. The molecule has 2 N–H and O–H groups in total. The van der Waals surface area contributed by atoms with Gasteiger partial charge in [-0.1, -0.05) is 49.0 Å². The van der Waals surface area contributed by atoms with Gasteiger partial charge in [0.2, 0.25) is 5.91 Å². The Morgan fingerprint density at radius 1 is 1.27 bits per heavy atom. The minimum atomic E-state index is -0.0819. The number of amides is 1. The molecule has 6 nitrogen and oxygen atoms in total. The first-order valence-electron chi connectivity index (χ1n) is 10.5. The van der Waals surface area contributed by atoms with E-state index < -0.39 is 0 Å². The van der Waals surface area contributed by atoms with Gasteiger partial charge < -0.3 is 10.3 Å². The van der Waals surface area contributed by atoms with Gasteiger partial charge in [-0.05, 0) is 51.7 Å². The van der Waals surface area contributed by atoms with Crippen molar-refractivity contribution >= 4 is 28.7 Å². The Kier molecular flexibility index (Phi) is 7.37. The standard InChI is InChI=1S/C23H30N4O2S/c1-5-17(4)27-22(29)21-19(13-16(3)25-21)26-23(27)30-14-20(28)24-15(2)11-12-18-9-7-6-8-10-18/h6-10,13,15,17,25H,5,11-12,14H2,1-4H3,(H,24,28)/t15-,17+/m1/s1. The molecule has 160 valence electrons. The molecule has 2 heterocycles. The molecule has 0 bridgehead atoms. The maximum atomic E-state index is 13.0. The Bertz CT molecular complexity index is 1060. The van der Waals surface area contributed by atoms with Gasteiger partial charge in [0.15, 0.2) is 5.16 Å². The highest BCUT2D eigenvalue weighted by Gasteiger charge is 2.18. The predicted molar refractivity (Wildman–Crippen MR) is 123 cm³/mol. The molecule has 3 aromatic rings. The maximum absolute atomic E-state index is 13.0. The van der Waals surface area contributed by atoms with Crippen LogP contribution in [-0.2, 0) is 11.2 Å². The van der Waals surface area contributed by atoms with Crippen molar-refractivity contribution in [1.82, 2.24) is 19.9 Å². The summed E-state index contributed by atoms with van der Waals surface area (Å²) in [4.78, 5) is 33.2. The van der Waals surface area contributed by atoms with E-state index in [4.69, 9.17) is 0 Å². The Morgan fingerprint density at radius 3 is 2.70 bits per heavy atom. The Hall–Kier alpha value is -2.54. The molecule has 7 heteroatoms. The van der Waals surface area contributed by atoms with Gasteiger partial charge in [-0.25, -0.2) is 4.98 Å². The van der Waals surface area contributed by atoms with E-state index in [1.54, 1.807) is 4.57 Å². The fraction of sp³-hybridized carbons (Fsp3) is 0.435. The molecule has 0 radical (unpaired) electrons. The van der Waals surface area contributed by atoms with Crippen molar-refractivity contribution in [2.75, 3.05) is 5.75 Å². The van der Waals surface area contributed by atoms with Gasteiger partial charge in [-0.3, -0.25) is 14.2 Å². The van der Waals surface area contributed by atoms with Crippen molar-refractivity contribution in [3.63, 3.8) is 0 Å². The molecule has 0 spiro atoms. The molecule has 0 saturated heterocycles. The van der Waals surface area contributed by atoms with Gasteiger partial charge in [0.25, 0.3) is 5.56 Å². The van der Waals surface area contributed by atoms with Crippen LogP contribution < -0.4 is 10.9 Å². The summed E-state index contributed by atoms with van der Waals surface area (Å²) in [6, 6.07) is 12.2. The summed E-state index contributed by atoms with van der Waals surface area (Å²) in [5.41, 5.74) is 3.26. The molecule has 1 aromatic carbocycles. The smallest absolute Gasteiger partial charge is 0.278 e. The average Bonchev–Trinajstić information content (AvgIpc) is 3.11. The van der Waals surface area contributed by atoms with Crippen LogP contribution in [0, 0.1) is 6.92 Å². The molecule has 2 atom stereocenters. The first-order valence-corrected chi connectivity index (χ1v) is 11.5. The van der Waals surface area contributed by atoms with Crippen LogP contribution in [0.3, 0.4) is 0 Å². The highest BCUT2D eigenvalue weighted by atomic mass is 32.2. The predicted octanol–water partition coefficient (Wildman–Crippen LogP) is 4.23. The molecular formula is C23H30N4O2S. The number of hydrogen-bond acceptors (Lipinski definition) is 4. The van der Waals surface area contributed by atoms with Crippen LogP contribution in [0.2, 0.25) is 0 Å². The average molecular weight is 427 g/mol. The number of hydrogen-bond donors (Lipinski definition) is 2. The SMILES string of the molecule is CC[C@H](C)n1c(SCC(=O)N[C@H](C)CCc2ccccc2)nc2cc(C)[nH]c2c1=O. The third-order valence-corrected chi connectivity index (χ3v) is 6.22. The molecule has 0 aliphatic carbocycles. The van der Waals surface area contributed by atoms with E-state index >= 15 is 0 Å². The Morgan fingerprint density at radius 2 is 2.00 bits per heavy atom. The summed E-state index contributed by atoms with van der Waals surface area (Å²) >= 11 is 1.32. The largest absolute Gasteiger partial charge is 0.353 e. The Balaban J connectivity index is 1.65. The maximum Gasteiger partial charge on any atom is 0.278 e. The van der Waals surface area contributed by atoms with Crippen LogP contribution >= 0.6 is 11.8 Å². The number of benzene rings is 1. The van der Waals surface area contributed by atoms with Crippen LogP contribution in [0.5, 0.6) is 0 Å². The van der Waals surface area contributed by atoms with Crippen LogP contribution in [0.4, 0.5) is 0 Å². The summed E-state index contributed by atoms with van der Waals surface area (Å²) in [6.45, 7) is 7.97. The number of nitrogens with one attached hydrogen (secondary N) is 2. The van der Waals surface area contributed by atoms with E-state index in [0.717, 1.165) is 25.0 Å². The van der Waals surface area contributed by atoms with Crippen LogP contribution in [-0.4, -0.2) is 32.2 Å². The molecular weight excluding hydrogens is 396 g/mol. The lowest BCUT2D eigenvalue weighted by molar-refractivity contribution is -0.119. The van der Waals surface area contributed by atoms with Gasteiger partial charge in [-0.15, -0.1) is 0 Å². The van der Waals surface area contributed by atoms with Gasteiger partial charge in [-0.2, -0.15) is 0 Å². The summed E-state index contributed by atoms with van der Waals surface area (Å²) in [5.74, 6) is 0.184. The fourth-order valence-corrected chi connectivity index (χ4v) is 4.32. The number of fused-ring (bicyclic) bond motifs is 1. The monoisotopic (exact) mass is 426 g/mol. The van der Waals surface area contributed by atoms with E-state index in [0.29, 0.717) is 16.2 Å². The highest BCUT2D eigenvalue weighted by Crippen LogP contribution is 2.22.